The Hall–Kier alpha value is -3.39. The monoisotopic (exact) mass is 434 g/mol. The van der Waals surface area contributed by atoms with E-state index < -0.39 is 0 Å². The van der Waals surface area contributed by atoms with Gasteiger partial charge >= 0.3 is 0 Å². The topological polar surface area (TPSA) is 85.6 Å². The maximum Gasteiger partial charge on any atom is 0.191 e. The third-order valence-electron chi connectivity index (χ3n) is 5.35. The van der Waals surface area contributed by atoms with Gasteiger partial charge in [0.25, 0.3) is 0 Å². The summed E-state index contributed by atoms with van der Waals surface area (Å²) in [7, 11) is 3.44. The summed E-state index contributed by atoms with van der Waals surface area (Å²) < 4.78 is 13.1. The van der Waals surface area contributed by atoms with Crippen LogP contribution in [0.1, 0.15) is 29.2 Å². The van der Waals surface area contributed by atoms with E-state index in [-0.39, 0.29) is 6.04 Å². The van der Waals surface area contributed by atoms with Crippen molar-refractivity contribution in [3.05, 3.63) is 77.4 Å². The number of benzene rings is 2. The van der Waals surface area contributed by atoms with E-state index in [1.165, 1.54) is 0 Å². The number of aromatic nitrogens is 3. The van der Waals surface area contributed by atoms with E-state index in [1.54, 1.807) is 14.2 Å². The molecule has 8 heteroatoms. The molecule has 1 aliphatic heterocycles. The number of aryl methyl sites for hydroxylation is 1. The average Bonchev–Trinajstić information content (AvgIpc) is 3.23. The van der Waals surface area contributed by atoms with E-state index in [4.69, 9.17) is 9.47 Å². The number of methoxy groups -OCH3 is 1. The molecule has 0 fully saturated rings. The van der Waals surface area contributed by atoms with Crippen molar-refractivity contribution in [3.63, 3.8) is 0 Å². The lowest BCUT2D eigenvalue weighted by Crippen LogP contribution is -2.46. The maximum absolute atomic E-state index is 5.94. The molecule has 2 heterocycles. The van der Waals surface area contributed by atoms with Crippen molar-refractivity contribution < 1.29 is 9.47 Å². The third-order valence-corrected chi connectivity index (χ3v) is 5.35. The predicted molar refractivity (Wildman–Crippen MR) is 123 cm³/mol. The number of ether oxygens (including phenoxy) is 2. The summed E-state index contributed by atoms with van der Waals surface area (Å²) in [5, 5.41) is 11.4. The number of hydrogen-bond acceptors (Lipinski definition) is 5. The van der Waals surface area contributed by atoms with Gasteiger partial charge in [0, 0.05) is 33.2 Å². The lowest BCUT2D eigenvalue weighted by Gasteiger charge is -2.25. The van der Waals surface area contributed by atoms with Crippen molar-refractivity contribution in [2.24, 2.45) is 4.99 Å². The van der Waals surface area contributed by atoms with Crippen molar-refractivity contribution >= 4 is 5.96 Å². The van der Waals surface area contributed by atoms with Gasteiger partial charge in [0.15, 0.2) is 11.8 Å². The highest BCUT2D eigenvalue weighted by Gasteiger charge is 2.22. The van der Waals surface area contributed by atoms with Crippen LogP contribution in [0, 0.1) is 0 Å². The summed E-state index contributed by atoms with van der Waals surface area (Å²) in [4.78, 5) is 8.92. The van der Waals surface area contributed by atoms with E-state index in [2.05, 4.69) is 50.0 Å². The second-order valence-corrected chi connectivity index (χ2v) is 7.79. The number of aliphatic imine (C=N–C) groups is 1. The molecule has 0 amide bonds. The molecule has 0 bridgehead atoms. The van der Waals surface area contributed by atoms with E-state index in [9.17, 15) is 0 Å². The summed E-state index contributed by atoms with van der Waals surface area (Å²) >= 11 is 0. The van der Waals surface area contributed by atoms with E-state index in [1.807, 2.05) is 35.0 Å². The van der Waals surface area contributed by atoms with Crippen LogP contribution in [0.5, 0.6) is 5.75 Å². The van der Waals surface area contributed by atoms with E-state index in [0.717, 1.165) is 53.9 Å². The van der Waals surface area contributed by atoms with Crippen molar-refractivity contribution in [3.8, 4) is 5.75 Å². The van der Waals surface area contributed by atoms with Crippen molar-refractivity contribution in [2.75, 3.05) is 14.2 Å². The number of nitrogens with zero attached hydrogens (tertiary/aromatic N) is 4. The second-order valence-electron chi connectivity index (χ2n) is 7.79. The van der Waals surface area contributed by atoms with Gasteiger partial charge in [-0.2, -0.15) is 5.10 Å². The molecule has 0 spiro atoms. The van der Waals surface area contributed by atoms with E-state index in [0.29, 0.717) is 19.8 Å². The average molecular weight is 435 g/mol. The quantitative estimate of drug-likeness (QED) is 0.419. The molecule has 1 unspecified atom stereocenters. The van der Waals surface area contributed by atoms with Crippen LogP contribution < -0.4 is 15.4 Å². The predicted octanol–water partition coefficient (Wildman–Crippen LogP) is 2.68. The molecule has 2 N–H and O–H groups in total. The molecular weight excluding hydrogens is 404 g/mol. The zero-order valence-corrected chi connectivity index (χ0v) is 18.6. The summed E-state index contributed by atoms with van der Waals surface area (Å²) in [6.07, 6.45) is 1.86. The smallest absolute Gasteiger partial charge is 0.191 e. The SMILES string of the molecule is CN=C(NCc1cccc(OCc2ccccc2)c1)NC1CCc2nc(COC)nn2C1. The fourth-order valence-electron chi connectivity index (χ4n) is 3.73. The standard InChI is InChI=1S/C24H30N6O2/c1-25-24(27-20-11-12-23-28-22(17-31-2)29-30(23)15-20)26-14-19-9-6-10-21(13-19)32-16-18-7-4-3-5-8-18/h3-10,13,20H,11-12,14-17H2,1-2H3,(H2,25,26,27). The molecule has 32 heavy (non-hydrogen) atoms. The van der Waals surface area contributed by atoms with Crippen LogP contribution in [-0.2, 0) is 37.5 Å². The van der Waals surface area contributed by atoms with Crippen molar-refractivity contribution in [1.29, 1.82) is 0 Å². The van der Waals surface area contributed by atoms with E-state index >= 15 is 0 Å². The fraction of sp³-hybridized carbons (Fsp3) is 0.375. The van der Waals surface area contributed by atoms with Gasteiger partial charge in [-0.15, -0.1) is 0 Å². The molecule has 0 saturated carbocycles. The van der Waals surface area contributed by atoms with Crippen LogP contribution in [-0.4, -0.2) is 40.9 Å². The van der Waals surface area contributed by atoms with Crippen LogP contribution in [0.3, 0.4) is 0 Å². The van der Waals surface area contributed by atoms with Gasteiger partial charge in [-0.1, -0.05) is 42.5 Å². The molecule has 1 atom stereocenters. The highest BCUT2D eigenvalue weighted by molar-refractivity contribution is 5.79. The minimum Gasteiger partial charge on any atom is -0.489 e. The Bertz CT molecular complexity index is 1030. The zero-order valence-electron chi connectivity index (χ0n) is 18.6. The first kappa shape index (κ1) is 21.8. The van der Waals surface area contributed by atoms with Crippen molar-refractivity contribution in [1.82, 2.24) is 25.4 Å². The van der Waals surface area contributed by atoms with Gasteiger partial charge in [-0.05, 0) is 29.7 Å². The fourth-order valence-corrected chi connectivity index (χ4v) is 3.73. The first-order valence-corrected chi connectivity index (χ1v) is 10.9. The molecule has 1 aromatic heterocycles. The lowest BCUT2D eigenvalue weighted by molar-refractivity contribution is 0.177. The third kappa shape index (κ3) is 5.85. The first-order chi connectivity index (χ1) is 15.7. The minimum absolute atomic E-state index is 0.242. The Kier molecular flexibility index (Phi) is 7.34. The normalized spacial score (nSPS) is 15.8. The molecule has 168 valence electrons. The Morgan fingerprint density at radius 1 is 1.12 bits per heavy atom. The van der Waals surface area contributed by atoms with Crippen LogP contribution in [0.4, 0.5) is 0 Å². The van der Waals surface area contributed by atoms with Crippen molar-refractivity contribution in [2.45, 2.75) is 45.2 Å². The highest BCUT2D eigenvalue weighted by atomic mass is 16.5. The number of rotatable bonds is 8. The summed E-state index contributed by atoms with van der Waals surface area (Å²) in [5.41, 5.74) is 2.28. The summed E-state index contributed by atoms with van der Waals surface area (Å²) in [5.74, 6) is 3.38. The number of fused-ring (bicyclic) bond motifs is 1. The first-order valence-electron chi connectivity index (χ1n) is 10.9. The Morgan fingerprint density at radius 3 is 2.78 bits per heavy atom. The van der Waals surface area contributed by atoms with Gasteiger partial charge in [0.2, 0.25) is 0 Å². The van der Waals surface area contributed by atoms with Crippen LogP contribution in [0.2, 0.25) is 0 Å². The largest absolute Gasteiger partial charge is 0.489 e. The molecule has 8 nitrogen and oxygen atoms in total. The lowest BCUT2D eigenvalue weighted by atomic mass is 10.1. The second kappa shape index (κ2) is 10.8. The highest BCUT2D eigenvalue weighted by Crippen LogP contribution is 2.16. The molecule has 0 aliphatic carbocycles. The maximum atomic E-state index is 5.94. The molecule has 1 aliphatic rings. The van der Waals surface area contributed by atoms with Gasteiger partial charge in [-0.3, -0.25) is 4.99 Å². The summed E-state index contributed by atoms with van der Waals surface area (Å²) in [6, 6.07) is 18.5. The zero-order chi connectivity index (χ0) is 22.2. The Balaban J connectivity index is 1.28. The number of nitrogens with one attached hydrogen (secondary N) is 2. The molecule has 4 rings (SSSR count). The van der Waals surface area contributed by atoms with Crippen LogP contribution >= 0.6 is 0 Å². The molecule has 2 aromatic carbocycles. The molecular formula is C24H30N6O2. The van der Waals surface area contributed by atoms with Crippen LogP contribution in [0.25, 0.3) is 0 Å². The van der Waals surface area contributed by atoms with Gasteiger partial charge in [-0.25, -0.2) is 9.67 Å². The molecule has 0 saturated heterocycles. The number of hydrogen-bond donors (Lipinski definition) is 2. The Labute approximate surface area is 188 Å². The Morgan fingerprint density at radius 2 is 1.97 bits per heavy atom. The number of guanidine groups is 1. The molecule has 0 radical (unpaired) electrons. The minimum atomic E-state index is 0.242. The molecule has 3 aromatic rings. The van der Waals surface area contributed by atoms with Gasteiger partial charge < -0.3 is 20.1 Å². The van der Waals surface area contributed by atoms with Gasteiger partial charge in [0.1, 0.15) is 24.8 Å². The van der Waals surface area contributed by atoms with Crippen LogP contribution in [0.15, 0.2) is 59.6 Å². The van der Waals surface area contributed by atoms with Gasteiger partial charge in [0.05, 0.1) is 6.54 Å². The summed E-state index contributed by atoms with van der Waals surface area (Å²) in [6.45, 7) is 2.41.